The van der Waals surface area contributed by atoms with E-state index in [0.717, 1.165) is 19.5 Å². The molecule has 1 atom stereocenters. The highest BCUT2D eigenvalue weighted by atomic mass is 32.1. The molecule has 112 valence electrons. The number of thiophene rings is 1. The molecule has 0 saturated carbocycles. The van der Waals surface area contributed by atoms with Gasteiger partial charge in [0, 0.05) is 32.7 Å². The monoisotopic (exact) mass is 298 g/mol. The second-order valence-electron chi connectivity index (χ2n) is 4.97. The van der Waals surface area contributed by atoms with Crippen LogP contribution in [0.2, 0.25) is 0 Å². The Hall–Kier alpha value is -1.11. The van der Waals surface area contributed by atoms with Crippen molar-refractivity contribution in [2.45, 2.75) is 19.4 Å². The molecule has 2 rings (SSSR count). The fourth-order valence-electron chi connectivity index (χ4n) is 2.32. The second kappa shape index (κ2) is 7.06. The van der Waals surface area contributed by atoms with Crippen molar-refractivity contribution in [2.75, 3.05) is 39.8 Å². The van der Waals surface area contributed by atoms with Crippen LogP contribution in [0.3, 0.4) is 0 Å². The molecule has 0 aliphatic carbocycles. The molecule has 0 radical (unpaired) electrons. The van der Waals surface area contributed by atoms with Crippen molar-refractivity contribution in [1.82, 2.24) is 9.80 Å². The molecular weight excluding hydrogens is 276 g/mol. The Morgan fingerprint density at radius 2 is 2.15 bits per heavy atom. The zero-order valence-electron chi connectivity index (χ0n) is 12.0. The Labute approximate surface area is 123 Å². The summed E-state index contributed by atoms with van der Waals surface area (Å²) in [7, 11) is 1.59. The largest absolute Gasteiger partial charge is 0.495 e. The zero-order valence-corrected chi connectivity index (χ0v) is 12.9. The van der Waals surface area contributed by atoms with Gasteiger partial charge in [0.15, 0.2) is 0 Å². The van der Waals surface area contributed by atoms with Crippen molar-refractivity contribution in [3.05, 3.63) is 16.3 Å². The van der Waals surface area contributed by atoms with Crippen LogP contribution in [-0.2, 0) is 0 Å². The van der Waals surface area contributed by atoms with Crippen molar-refractivity contribution >= 4 is 17.2 Å². The van der Waals surface area contributed by atoms with Crippen molar-refractivity contribution < 1.29 is 14.6 Å². The average molecular weight is 298 g/mol. The third-order valence-corrected chi connectivity index (χ3v) is 4.53. The normalized spacial score (nSPS) is 18.1. The molecule has 20 heavy (non-hydrogen) atoms. The van der Waals surface area contributed by atoms with Crippen LogP contribution in [0.1, 0.15) is 23.0 Å². The SMILES string of the molecule is CCC(O)CN1CCN(C(=O)c2sccc2OC)CC1. The van der Waals surface area contributed by atoms with Crippen molar-refractivity contribution in [3.63, 3.8) is 0 Å². The number of ether oxygens (including phenoxy) is 1. The molecule has 1 aliphatic heterocycles. The minimum absolute atomic E-state index is 0.0486. The second-order valence-corrected chi connectivity index (χ2v) is 5.89. The number of rotatable bonds is 5. The van der Waals surface area contributed by atoms with Gasteiger partial charge in [-0.15, -0.1) is 11.3 Å². The molecule has 1 aliphatic rings. The van der Waals surface area contributed by atoms with Crippen LogP contribution in [0.15, 0.2) is 11.4 Å². The van der Waals surface area contributed by atoms with Gasteiger partial charge in [-0.1, -0.05) is 6.92 Å². The van der Waals surface area contributed by atoms with Crippen LogP contribution in [0.4, 0.5) is 0 Å². The van der Waals surface area contributed by atoms with E-state index in [2.05, 4.69) is 4.90 Å². The minimum Gasteiger partial charge on any atom is -0.495 e. The van der Waals surface area contributed by atoms with E-state index >= 15 is 0 Å². The lowest BCUT2D eigenvalue weighted by molar-refractivity contribution is 0.0525. The third-order valence-electron chi connectivity index (χ3n) is 3.64. The molecule has 1 aromatic rings. The maximum atomic E-state index is 12.4. The summed E-state index contributed by atoms with van der Waals surface area (Å²) in [6.07, 6.45) is 0.501. The van der Waals surface area contributed by atoms with Gasteiger partial charge in [-0.25, -0.2) is 0 Å². The van der Waals surface area contributed by atoms with Gasteiger partial charge in [-0.2, -0.15) is 0 Å². The molecule has 5 nitrogen and oxygen atoms in total. The summed E-state index contributed by atoms with van der Waals surface area (Å²) in [6, 6.07) is 1.83. The highest BCUT2D eigenvalue weighted by Crippen LogP contribution is 2.26. The van der Waals surface area contributed by atoms with E-state index in [1.54, 1.807) is 7.11 Å². The van der Waals surface area contributed by atoms with Crippen LogP contribution < -0.4 is 4.74 Å². The summed E-state index contributed by atoms with van der Waals surface area (Å²) in [5.74, 6) is 0.705. The first-order chi connectivity index (χ1) is 9.65. The van der Waals surface area contributed by atoms with Crippen LogP contribution >= 0.6 is 11.3 Å². The number of piperazine rings is 1. The minimum atomic E-state index is -0.269. The van der Waals surface area contributed by atoms with E-state index in [1.807, 2.05) is 23.3 Å². The number of hydrogen-bond donors (Lipinski definition) is 1. The molecule has 0 aromatic carbocycles. The zero-order chi connectivity index (χ0) is 14.5. The predicted octanol–water partition coefficient (Wildman–Crippen LogP) is 1.29. The first kappa shape index (κ1) is 15.3. The summed E-state index contributed by atoms with van der Waals surface area (Å²) < 4.78 is 5.21. The molecule has 1 aromatic heterocycles. The van der Waals surface area contributed by atoms with Gasteiger partial charge in [-0.05, 0) is 17.9 Å². The van der Waals surface area contributed by atoms with Gasteiger partial charge in [0.2, 0.25) is 0 Å². The Bertz CT molecular complexity index is 441. The standard InChI is InChI=1S/C14H22N2O3S/c1-3-11(17)10-15-5-7-16(8-6-15)14(18)13-12(19-2)4-9-20-13/h4,9,11,17H,3,5-8,10H2,1-2H3. The van der Waals surface area contributed by atoms with E-state index in [9.17, 15) is 9.90 Å². The summed E-state index contributed by atoms with van der Waals surface area (Å²) in [5.41, 5.74) is 0. The number of aliphatic hydroxyl groups excluding tert-OH is 1. The molecule has 1 saturated heterocycles. The third kappa shape index (κ3) is 3.50. The number of hydrogen-bond acceptors (Lipinski definition) is 5. The predicted molar refractivity (Wildman–Crippen MR) is 79.5 cm³/mol. The van der Waals surface area contributed by atoms with Crippen LogP contribution in [0.5, 0.6) is 5.75 Å². The lowest BCUT2D eigenvalue weighted by atomic mass is 10.2. The van der Waals surface area contributed by atoms with Gasteiger partial charge < -0.3 is 14.7 Å². The first-order valence-electron chi connectivity index (χ1n) is 6.96. The lowest BCUT2D eigenvalue weighted by Crippen LogP contribution is -2.50. The number of carbonyl (C=O) groups excluding carboxylic acids is 1. The average Bonchev–Trinajstić information content (AvgIpc) is 2.95. The van der Waals surface area contributed by atoms with E-state index in [1.165, 1.54) is 11.3 Å². The first-order valence-corrected chi connectivity index (χ1v) is 7.84. The number of amides is 1. The van der Waals surface area contributed by atoms with Gasteiger partial charge in [0.05, 0.1) is 13.2 Å². The molecule has 1 N–H and O–H groups in total. The molecule has 1 amide bonds. The Kier molecular flexibility index (Phi) is 5.39. The van der Waals surface area contributed by atoms with Gasteiger partial charge >= 0.3 is 0 Å². The molecule has 0 bridgehead atoms. The molecule has 1 fully saturated rings. The van der Waals surface area contributed by atoms with E-state index in [-0.39, 0.29) is 12.0 Å². The van der Waals surface area contributed by atoms with Crippen molar-refractivity contribution in [1.29, 1.82) is 0 Å². The number of nitrogens with zero attached hydrogens (tertiary/aromatic N) is 2. The highest BCUT2D eigenvalue weighted by Gasteiger charge is 2.25. The Morgan fingerprint density at radius 3 is 2.75 bits per heavy atom. The molecule has 1 unspecified atom stereocenters. The molecule has 0 spiro atoms. The number of carbonyl (C=O) groups is 1. The van der Waals surface area contributed by atoms with Crippen LogP contribution in [0, 0.1) is 0 Å². The Morgan fingerprint density at radius 1 is 1.45 bits per heavy atom. The quantitative estimate of drug-likeness (QED) is 0.890. The van der Waals surface area contributed by atoms with Gasteiger partial charge in [0.25, 0.3) is 5.91 Å². The van der Waals surface area contributed by atoms with Crippen LogP contribution in [0.25, 0.3) is 0 Å². The highest BCUT2D eigenvalue weighted by molar-refractivity contribution is 7.12. The van der Waals surface area contributed by atoms with Gasteiger partial charge in [0.1, 0.15) is 10.6 Å². The van der Waals surface area contributed by atoms with Crippen molar-refractivity contribution in [2.24, 2.45) is 0 Å². The van der Waals surface area contributed by atoms with Gasteiger partial charge in [-0.3, -0.25) is 9.69 Å². The summed E-state index contributed by atoms with van der Waals surface area (Å²) in [5, 5.41) is 11.5. The summed E-state index contributed by atoms with van der Waals surface area (Å²) in [6.45, 7) is 5.72. The number of aliphatic hydroxyl groups is 1. The maximum absolute atomic E-state index is 12.4. The van der Waals surface area contributed by atoms with Crippen LogP contribution in [-0.4, -0.2) is 66.8 Å². The van der Waals surface area contributed by atoms with E-state index in [4.69, 9.17) is 4.74 Å². The maximum Gasteiger partial charge on any atom is 0.267 e. The van der Waals surface area contributed by atoms with E-state index < -0.39 is 0 Å². The molecule has 6 heteroatoms. The number of β-amino-alcohol motifs (C(OH)–C–C–N with tert-alkyl or cyclic N) is 1. The van der Waals surface area contributed by atoms with Crippen molar-refractivity contribution in [3.8, 4) is 5.75 Å². The fourth-order valence-corrected chi connectivity index (χ4v) is 3.14. The topological polar surface area (TPSA) is 53.0 Å². The lowest BCUT2D eigenvalue weighted by Gasteiger charge is -2.35. The summed E-state index contributed by atoms with van der Waals surface area (Å²) in [4.78, 5) is 17.2. The fraction of sp³-hybridized carbons (Fsp3) is 0.643. The van der Waals surface area contributed by atoms with E-state index in [0.29, 0.717) is 30.3 Å². The summed E-state index contributed by atoms with van der Waals surface area (Å²) >= 11 is 1.42. The molecule has 2 heterocycles. The Balaban J connectivity index is 1.89. The number of methoxy groups -OCH3 is 1. The smallest absolute Gasteiger partial charge is 0.267 e. The molecular formula is C14H22N2O3S.